The Bertz CT molecular complexity index is 1210. The van der Waals surface area contributed by atoms with Crippen LogP contribution < -0.4 is 0 Å². The van der Waals surface area contributed by atoms with Gasteiger partial charge >= 0.3 is 0 Å². The van der Waals surface area contributed by atoms with E-state index in [0.717, 1.165) is 33.5 Å². The van der Waals surface area contributed by atoms with E-state index < -0.39 is 0 Å². The Morgan fingerprint density at radius 3 is 1.69 bits per heavy atom. The molecule has 2 heteroatoms. The number of aryl methyl sites for hydroxylation is 4. The number of nitrogens with zero attached hydrogens (tertiary/aromatic N) is 1. The topological polar surface area (TPSA) is 12.4 Å². The molecule has 0 aliphatic heterocycles. The highest BCUT2D eigenvalue weighted by Crippen LogP contribution is 2.19. The van der Waals surface area contributed by atoms with Crippen LogP contribution in [0.1, 0.15) is 44.5 Å². The van der Waals surface area contributed by atoms with Gasteiger partial charge in [-0.05, 0) is 99.1 Å². The number of thiocarbonyl (C=S) groups is 1. The fourth-order valence-electron chi connectivity index (χ4n) is 3.20. The first-order valence-corrected chi connectivity index (χ1v) is 9.77. The van der Waals surface area contributed by atoms with Crippen LogP contribution in [0.5, 0.6) is 0 Å². The summed E-state index contributed by atoms with van der Waals surface area (Å²) in [6.45, 7) is 8.32. The van der Waals surface area contributed by atoms with Gasteiger partial charge in [0.2, 0.25) is 0 Å². The lowest BCUT2D eigenvalue weighted by Gasteiger charge is -2.04. The number of hydrogen-bond donors (Lipinski definition) is 0. The normalized spacial score (nSPS) is 9.52. The molecule has 3 rings (SSSR count). The first-order chi connectivity index (χ1) is 14.0. The van der Waals surface area contributed by atoms with E-state index in [0.29, 0.717) is 0 Å². The quantitative estimate of drug-likeness (QED) is 0.264. The average molecular weight is 392 g/mol. The number of aliphatic imine (C=N–C) groups is 1. The average Bonchev–Trinajstić information content (AvgIpc) is 2.68. The second-order valence-corrected chi connectivity index (χ2v) is 7.24. The molecule has 140 valence electrons. The molecular formula is C27H21NS. The van der Waals surface area contributed by atoms with Gasteiger partial charge in [-0.3, -0.25) is 0 Å². The van der Waals surface area contributed by atoms with E-state index in [1.807, 2.05) is 49.4 Å². The molecule has 0 aromatic heterocycles. The molecule has 0 N–H and O–H groups in total. The largest absolute Gasteiger partial charge is 0.194 e. The highest BCUT2D eigenvalue weighted by Gasteiger charge is 2.00. The van der Waals surface area contributed by atoms with Crippen molar-refractivity contribution in [3.05, 3.63) is 99.1 Å². The Balaban J connectivity index is 1.78. The van der Waals surface area contributed by atoms with Crippen LogP contribution in [0.2, 0.25) is 0 Å². The van der Waals surface area contributed by atoms with Crippen molar-refractivity contribution < 1.29 is 0 Å². The summed E-state index contributed by atoms with van der Waals surface area (Å²) < 4.78 is 0. The van der Waals surface area contributed by atoms with Crippen LogP contribution in [0.25, 0.3) is 0 Å². The third kappa shape index (κ3) is 5.31. The number of benzene rings is 3. The molecule has 0 spiro atoms. The molecule has 0 amide bonds. The monoisotopic (exact) mass is 391 g/mol. The molecule has 0 heterocycles. The molecule has 0 aliphatic carbocycles. The molecule has 29 heavy (non-hydrogen) atoms. The summed E-state index contributed by atoms with van der Waals surface area (Å²) in [4.78, 5) is 4.03. The summed E-state index contributed by atoms with van der Waals surface area (Å²) in [6, 6.07) is 18.2. The summed E-state index contributed by atoms with van der Waals surface area (Å²) in [7, 11) is 0. The second kappa shape index (κ2) is 9.18. The van der Waals surface area contributed by atoms with Crippen molar-refractivity contribution in [2.24, 2.45) is 4.99 Å². The van der Waals surface area contributed by atoms with Crippen molar-refractivity contribution in [1.29, 1.82) is 0 Å². The molecule has 0 radical (unpaired) electrons. The molecule has 0 unspecified atom stereocenters. The lowest BCUT2D eigenvalue weighted by atomic mass is 10.00. The van der Waals surface area contributed by atoms with Gasteiger partial charge in [-0.2, -0.15) is 4.99 Å². The Morgan fingerprint density at radius 1 is 0.621 bits per heavy atom. The Morgan fingerprint density at radius 2 is 1.14 bits per heavy atom. The van der Waals surface area contributed by atoms with Gasteiger partial charge < -0.3 is 0 Å². The van der Waals surface area contributed by atoms with E-state index >= 15 is 0 Å². The highest BCUT2D eigenvalue weighted by atomic mass is 32.1. The summed E-state index contributed by atoms with van der Waals surface area (Å²) in [5.74, 6) is 13.0. The first kappa shape index (κ1) is 20.3. The fourth-order valence-corrected chi connectivity index (χ4v) is 3.30. The summed E-state index contributed by atoms with van der Waals surface area (Å²) in [6.07, 6.45) is 0. The minimum absolute atomic E-state index is 0.826. The van der Waals surface area contributed by atoms with Gasteiger partial charge in [0.1, 0.15) is 0 Å². The fraction of sp³-hybridized carbons (Fsp3) is 0.148. The van der Waals surface area contributed by atoms with Gasteiger partial charge in [-0.15, -0.1) is 0 Å². The van der Waals surface area contributed by atoms with Gasteiger partial charge in [0, 0.05) is 22.3 Å². The molecule has 0 fully saturated rings. The minimum atomic E-state index is 0.826. The van der Waals surface area contributed by atoms with E-state index in [-0.39, 0.29) is 0 Å². The zero-order chi connectivity index (χ0) is 20.8. The van der Waals surface area contributed by atoms with Crippen LogP contribution in [0.15, 0.2) is 59.6 Å². The number of isothiocyanates is 1. The third-order valence-corrected chi connectivity index (χ3v) is 4.70. The van der Waals surface area contributed by atoms with Crippen molar-refractivity contribution in [3.8, 4) is 23.7 Å². The van der Waals surface area contributed by atoms with E-state index in [2.05, 4.69) is 79.0 Å². The van der Waals surface area contributed by atoms with Gasteiger partial charge in [-0.1, -0.05) is 41.4 Å². The van der Waals surface area contributed by atoms with Crippen LogP contribution in [0.3, 0.4) is 0 Å². The Kier molecular flexibility index (Phi) is 6.43. The molecule has 0 saturated heterocycles. The molecule has 0 bridgehead atoms. The predicted octanol–water partition coefficient (Wildman–Crippen LogP) is 6.45. The molecule has 0 atom stereocenters. The molecule has 0 saturated carbocycles. The maximum atomic E-state index is 4.66. The van der Waals surface area contributed by atoms with E-state index in [4.69, 9.17) is 0 Å². The molecule has 3 aromatic rings. The van der Waals surface area contributed by atoms with Crippen molar-refractivity contribution >= 4 is 23.1 Å². The predicted molar refractivity (Wildman–Crippen MR) is 125 cm³/mol. The zero-order valence-corrected chi connectivity index (χ0v) is 17.9. The summed E-state index contributed by atoms with van der Waals surface area (Å²) >= 11 is 4.66. The van der Waals surface area contributed by atoms with Crippen LogP contribution in [0.4, 0.5) is 5.69 Å². The van der Waals surface area contributed by atoms with Crippen molar-refractivity contribution in [1.82, 2.24) is 0 Å². The third-order valence-electron chi connectivity index (χ3n) is 4.61. The van der Waals surface area contributed by atoms with Crippen LogP contribution >= 0.6 is 12.2 Å². The Hall–Kier alpha value is -3.42. The Labute approximate surface area is 178 Å². The minimum Gasteiger partial charge on any atom is -0.194 e. The van der Waals surface area contributed by atoms with E-state index in [1.165, 1.54) is 16.7 Å². The van der Waals surface area contributed by atoms with Gasteiger partial charge in [0.05, 0.1) is 10.8 Å². The SMILES string of the molecule is Cc1cc(C)c(C#Cc2ccc(C#Cc3ccc(N=C=S)c(C)c3)cc2)c(C)c1. The maximum absolute atomic E-state index is 4.66. The van der Waals surface area contributed by atoms with Crippen LogP contribution in [0, 0.1) is 51.4 Å². The molecular weight excluding hydrogens is 370 g/mol. The number of hydrogen-bond acceptors (Lipinski definition) is 2. The van der Waals surface area contributed by atoms with E-state index in [1.54, 1.807) is 0 Å². The number of rotatable bonds is 1. The van der Waals surface area contributed by atoms with Crippen molar-refractivity contribution in [2.75, 3.05) is 0 Å². The van der Waals surface area contributed by atoms with Gasteiger partial charge in [0.25, 0.3) is 0 Å². The molecule has 1 nitrogen and oxygen atoms in total. The lowest BCUT2D eigenvalue weighted by Crippen LogP contribution is -1.89. The van der Waals surface area contributed by atoms with Crippen LogP contribution in [-0.2, 0) is 0 Å². The zero-order valence-electron chi connectivity index (χ0n) is 17.1. The van der Waals surface area contributed by atoms with Gasteiger partial charge in [0.15, 0.2) is 0 Å². The standard InChI is InChI=1S/C27H21NS/c1-19-15-20(2)26(21(3)16-19)13-11-24-7-5-23(6-8-24)9-10-25-12-14-27(28-18-29)22(4)17-25/h5-8,12,14-17H,1-4H3. The highest BCUT2D eigenvalue weighted by molar-refractivity contribution is 7.78. The van der Waals surface area contributed by atoms with Crippen molar-refractivity contribution in [3.63, 3.8) is 0 Å². The first-order valence-electron chi connectivity index (χ1n) is 9.37. The van der Waals surface area contributed by atoms with Gasteiger partial charge in [-0.25, -0.2) is 0 Å². The molecule has 0 aliphatic rings. The smallest absolute Gasteiger partial charge is 0.0769 e. The van der Waals surface area contributed by atoms with Crippen LogP contribution in [-0.4, -0.2) is 5.16 Å². The lowest BCUT2D eigenvalue weighted by molar-refractivity contribution is 1.30. The molecule has 3 aromatic carbocycles. The second-order valence-electron chi connectivity index (χ2n) is 7.06. The summed E-state index contributed by atoms with van der Waals surface area (Å²) in [5, 5.41) is 2.40. The summed E-state index contributed by atoms with van der Waals surface area (Å²) in [5.41, 5.74) is 9.55. The van der Waals surface area contributed by atoms with E-state index in [9.17, 15) is 0 Å². The van der Waals surface area contributed by atoms with Crippen molar-refractivity contribution in [2.45, 2.75) is 27.7 Å². The maximum Gasteiger partial charge on any atom is 0.0769 e.